The number of amides is 1. The molecule has 6 nitrogen and oxygen atoms in total. The predicted molar refractivity (Wildman–Crippen MR) is 92.0 cm³/mol. The molecule has 24 heavy (non-hydrogen) atoms. The van der Waals surface area contributed by atoms with E-state index in [4.69, 9.17) is 0 Å². The molecule has 1 aliphatic rings. The third-order valence-corrected chi connectivity index (χ3v) is 4.27. The highest BCUT2D eigenvalue weighted by molar-refractivity contribution is 5.91. The van der Waals surface area contributed by atoms with Gasteiger partial charge in [0.25, 0.3) is 11.5 Å². The van der Waals surface area contributed by atoms with E-state index in [1.807, 2.05) is 30.3 Å². The molecule has 0 radical (unpaired) electrons. The summed E-state index contributed by atoms with van der Waals surface area (Å²) in [6, 6.07) is 12.5. The molecule has 2 aromatic rings. The Kier molecular flexibility index (Phi) is 5.38. The molecule has 2 heterocycles. The summed E-state index contributed by atoms with van der Waals surface area (Å²) >= 11 is 0. The number of aromatic nitrogens is 2. The summed E-state index contributed by atoms with van der Waals surface area (Å²) in [5.41, 5.74) is 1.03. The van der Waals surface area contributed by atoms with Crippen molar-refractivity contribution in [3.05, 3.63) is 64.1 Å². The van der Waals surface area contributed by atoms with E-state index in [0.717, 1.165) is 31.5 Å². The lowest BCUT2D eigenvalue weighted by molar-refractivity contribution is 0.0944. The lowest BCUT2D eigenvalue weighted by Gasteiger charge is -2.10. The van der Waals surface area contributed by atoms with Gasteiger partial charge in [-0.3, -0.25) is 9.59 Å². The van der Waals surface area contributed by atoms with E-state index in [0.29, 0.717) is 19.0 Å². The fourth-order valence-corrected chi connectivity index (χ4v) is 2.88. The molecular weight excluding hydrogens is 304 g/mol. The quantitative estimate of drug-likeness (QED) is 0.831. The molecule has 1 amide bonds. The van der Waals surface area contributed by atoms with Crippen LogP contribution in [0.1, 0.15) is 28.9 Å². The smallest absolute Gasteiger partial charge is 0.271 e. The average Bonchev–Trinajstić information content (AvgIpc) is 3.11. The van der Waals surface area contributed by atoms with Crippen LogP contribution in [0.4, 0.5) is 0 Å². The predicted octanol–water partition coefficient (Wildman–Crippen LogP) is 1.02. The zero-order valence-corrected chi connectivity index (χ0v) is 13.6. The zero-order valence-electron chi connectivity index (χ0n) is 13.6. The molecule has 1 aromatic heterocycles. The highest BCUT2D eigenvalue weighted by Gasteiger charge is 2.15. The Morgan fingerprint density at radius 2 is 2.08 bits per heavy atom. The van der Waals surface area contributed by atoms with Crippen LogP contribution in [0.25, 0.3) is 0 Å². The molecule has 3 rings (SSSR count). The van der Waals surface area contributed by atoms with Crippen molar-refractivity contribution in [2.75, 3.05) is 19.6 Å². The molecule has 2 N–H and O–H groups in total. The number of nitrogens with one attached hydrogen (secondary N) is 2. The largest absolute Gasteiger partial charge is 0.351 e. The molecule has 1 aromatic carbocycles. The molecule has 6 heteroatoms. The Morgan fingerprint density at radius 3 is 2.83 bits per heavy atom. The van der Waals surface area contributed by atoms with Crippen LogP contribution in [0, 0.1) is 5.92 Å². The fourth-order valence-electron chi connectivity index (χ4n) is 2.88. The van der Waals surface area contributed by atoms with Crippen LogP contribution in [0.2, 0.25) is 0 Å². The van der Waals surface area contributed by atoms with Crippen LogP contribution in [0.3, 0.4) is 0 Å². The van der Waals surface area contributed by atoms with Gasteiger partial charge in [-0.2, -0.15) is 5.10 Å². The first kappa shape index (κ1) is 16.4. The summed E-state index contributed by atoms with van der Waals surface area (Å²) < 4.78 is 1.32. The van der Waals surface area contributed by atoms with Crippen LogP contribution >= 0.6 is 0 Å². The number of carbonyl (C=O) groups is 1. The third kappa shape index (κ3) is 4.29. The van der Waals surface area contributed by atoms with Crippen LogP contribution < -0.4 is 16.2 Å². The van der Waals surface area contributed by atoms with Crippen molar-refractivity contribution in [2.24, 2.45) is 5.92 Å². The Hall–Kier alpha value is -2.47. The Bertz CT molecular complexity index is 736. The van der Waals surface area contributed by atoms with E-state index >= 15 is 0 Å². The first-order valence-electron chi connectivity index (χ1n) is 8.33. The lowest BCUT2D eigenvalue weighted by Crippen LogP contribution is -2.31. The summed E-state index contributed by atoms with van der Waals surface area (Å²) in [4.78, 5) is 24.2. The van der Waals surface area contributed by atoms with Crippen LogP contribution in [-0.2, 0) is 6.54 Å². The molecule has 1 saturated heterocycles. The monoisotopic (exact) mass is 326 g/mol. The first-order chi connectivity index (χ1) is 11.7. The van der Waals surface area contributed by atoms with Gasteiger partial charge in [-0.15, -0.1) is 0 Å². The molecule has 0 aliphatic carbocycles. The van der Waals surface area contributed by atoms with E-state index in [9.17, 15) is 9.59 Å². The number of benzene rings is 1. The van der Waals surface area contributed by atoms with Crippen molar-refractivity contribution < 1.29 is 4.79 Å². The maximum absolute atomic E-state index is 12.2. The molecule has 0 bridgehead atoms. The minimum atomic E-state index is -0.234. The summed E-state index contributed by atoms with van der Waals surface area (Å²) in [5, 5.41) is 10.4. The third-order valence-electron chi connectivity index (χ3n) is 4.27. The van der Waals surface area contributed by atoms with Gasteiger partial charge < -0.3 is 10.6 Å². The molecule has 0 saturated carbocycles. The molecule has 1 fully saturated rings. The van der Waals surface area contributed by atoms with E-state index in [1.54, 1.807) is 0 Å². The van der Waals surface area contributed by atoms with Gasteiger partial charge in [0.1, 0.15) is 5.69 Å². The second kappa shape index (κ2) is 7.88. The van der Waals surface area contributed by atoms with Gasteiger partial charge in [-0.05, 0) is 43.5 Å². The SMILES string of the molecule is O=C(NCCC1CCNC1)c1ccc(=O)n(Cc2ccccc2)n1. The average molecular weight is 326 g/mol. The van der Waals surface area contributed by atoms with Crippen molar-refractivity contribution in [1.82, 2.24) is 20.4 Å². The minimum Gasteiger partial charge on any atom is -0.351 e. The number of rotatable bonds is 6. The van der Waals surface area contributed by atoms with E-state index in [1.165, 1.54) is 16.8 Å². The van der Waals surface area contributed by atoms with Crippen molar-refractivity contribution in [2.45, 2.75) is 19.4 Å². The topological polar surface area (TPSA) is 76.0 Å². The van der Waals surface area contributed by atoms with Crippen LogP contribution in [0.5, 0.6) is 0 Å². The van der Waals surface area contributed by atoms with E-state index in [-0.39, 0.29) is 17.2 Å². The van der Waals surface area contributed by atoms with Gasteiger partial charge in [0, 0.05) is 12.6 Å². The van der Waals surface area contributed by atoms with E-state index in [2.05, 4.69) is 15.7 Å². The van der Waals surface area contributed by atoms with Gasteiger partial charge in [0.05, 0.1) is 6.54 Å². The van der Waals surface area contributed by atoms with Gasteiger partial charge in [-0.1, -0.05) is 30.3 Å². The Labute approximate surface area is 140 Å². The molecular formula is C18H22N4O2. The summed E-state index contributed by atoms with van der Waals surface area (Å²) in [6.07, 6.45) is 2.12. The maximum Gasteiger partial charge on any atom is 0.271 e. The van der Waals surface area contributed by atoms with Gasteiger partial charge in [-0.25, -0.2) is 4.68 Å². The molecule has 126 valence electrons. The highest BCUT2D eigenvalue weighted by atomic mass is 16.2. The van der Waals surface area contributed by atoms with Gasteiger partial charge >= 0.3 is 0 Å². The van der Waals surface area contributed by atoms with Gasteiger partial charge in [0.15, 0.2) is 0 Å². The van der Waals surface area contributed by atoms with Crippen molar-refractivity contribution in [3.63, 3.8) is 0 Å². The first-order valence-corrected chi connectivity index (χ1v) is 8.33. The molecule has 1 aliphatic heterocycles. The number of hydrogen-bond acceptors (Lipinski definition) is 4. The van der Waals surface area contributed by atoms with Crippen molar-refractivity contribution in [1.29, 1.82) is 0 Å². The number of carbonyl (C=O) groups excluding carboxylic acids is 1. The maximum atomic E-state index is 12.2. The lowest BCUT2D eigenvalue weighted by atomic mass is 10.1. The molecule has 1 atom stereocenters. The van der Waals surface area contributed by atoms with Crippen molar-refractivity contribution >= 4 is 5.91 Å². The second-order valence-electron chi connectivity index (χ2n) is 6.10. The molecule has 1 unspecified atom stereocenters. The second-order valence-corrected chi connectivity index (χ2v) is 6.10. The number of hydrogen-bond donors (Lipinski definition) is 2. The Morgan fingerprint density at radius 1 is 1.25 bits per heavy atom. The van der Waals surface area contributed by atoms with Crippen molar-refractivity contribution in [3.8, 4) is 0 Å². The summed E-state index contributed by atoms with van der Waals surface area (Å²) in [5.74, 6) is 0.396. The number of nitrogens with zero attached hydrogens (tertiary/aromatic N) is 2. The van der Waals surface area contributed by atoms with E-state index < -0.39 is 0 Å². The summed E-state index contributed by atoms with van der Waals surface area (Å²) in [7, 11) is 0. The summed E-state index contributed by atoms with van der Waals surface area (Å²) in [6.45, 7) is 3.07. The molecule has 0 spiro atoms. The van der Waals surface area contributed by atoms with Crippen LogP contribution in [-0.4, -0.2) is 35.3 Å². The standard InChI is InChI=1S/C18H22N4O2/c23-17-7-6-16(18(24)20-11-9-14-8-10-19-12-14)21-22(17)13-15-4-2-1-3-5-15/h1-7,14,19H,8-13H2,(H,20,24). The van der Waals surface area contributed by atoms with Crippen LogP contribution in [0.15, 0.2) is 47.3 Å². The zero-order chi connectivity index (χ0) is 16.8. The highest BCUT2D eigenvalue weighted by Crippen LogP contribution is 2.10. The van der Waals surface area contributed by atoms with Gasteiger partial charge in [0.2, 0.25) is 0 Å². The fraction of sp³-hybridized carbons (Fsp3) is 0.389. The Balaban J connectivity index is 1.61. The minimum absolute atomic E-state index is 0.215. The normalized spacial score (nSPS) is 16.9.